The van der Waals surface area contributed by atoms with Crippen LogP contribution in [0, 0.1) is 0 Å². The number of phenols is 1. The molecule has 1 aromatic carbocycles. The van der Waals surface area contributed by atoms with E-state index in [9.17, 15) is 9.90 Å². The molecular formula is C10H9BO3. The molecule has 4 heteroatoms. The number of aromatic hydroxyl groups is 1. The summed E-state index contributed by atoms with van der Waals surface area (Å²) in [6, 6.07) is 4.99. The van der Waals surface area contributed by atoms with E-state index in [-0.39, 0.29) is 16.6 Å². The lowest BCUT2D eigenvalue weighted by Gasteiger charge is -2.08. The maximum absolute atomic E-state index is 10.8. The number of para-hydroxylation sites is 1. The molecule has 1 heterocycles. The quantitative estimate of drug-likeness (QED) is 0.678. The molecule has 70 valence electrons. The van der Waals surface area contributed by atoms with Gasteiger partial charge in [-0.15, -0.1) is 0 Å². The average molecular weight is 188 g/mol. The Morgan fingerprint density at radius 2 is 2.21 bits per heavy atom. The maximum Gasteiger partial charge on any atom is 0.339 e. The molecule has 3 nitrogen and oxygen atoms in total. The second-order valence-corrected chi connectivity index (χ2v) is 4.27. The third-order valence-electron chi connectivity index (χ3n) is 3.49. The zero-order valence-corrected chi connectivity index (χ0v) is 7.53. The van der Waals surface area contributed by atoms with Crippen LogP contribution in [0.3, 0.4) is 0 Å². The fraction of sp³-hybridized carbons (Fsp3) is 0.300. The SMILES string of the molecule is O=C(O)c1cccc(C23BC2C3)c1O. The van der Waals surface area contributed by atoms with E-state index in [1.54, 1.807) is 6.07 Å². The molecule has 2 N–H and O–H groups in total. The minimum Gasteiger partial charge on any atom is -0.507 e. The summed E-state index contributed by atoms with van der Waals surface area (Å²) in [6.45, 7) is 0. The summed E-state index contributed by atoms with van der Waals surface area (Å²) in [5.41, 5.74) is 0.858. The number of carboxylic acid groups (broad SMARTS) is 1. The zero-order chi connectivity index (χ0) is 9.92. The molecule has 1 saturated carbocycles. The molecule has 2 atom stereocenters. The van der Waals surface area contributed by atoms with Crippen LogP contribution in [-0.2, 0) is 5.31 Å². The summed E-state index contributed by atoms with van der Waals surface area (Å²) >= 11 is 0. The summed E-state index contributed by atoms with van der Waals surface area (Å²) in [7, 11) is 1.11. The van der Waals surface area contributed by atoms with Gasteiger partial charge in [0, 0.05) is 0 Å². The average Bonchev–Trinajstić information content (AvgIpc) is 2.91. The summed E-state index contributed by atoms with van der Waals surface area (Å²) in [6.07, 6.45) is 1.11. The Morgan fingerprint density at radius 3 is 2.71 bits per heavy atom. The van der Waals surface area contributed by atoms with Gasteiger partial charge < -0.3 is 10.2 Å². The van der Waals surface area contributed by atoms with Gasteiger partial charge in [-0.25, -0.2) is 4.79 Å². The van der Waals surface area contributed by atoms with E-state index in [2.05, 4.69) is 0 Å². The van der Waals surface area contributed by atoms with Gasteiger partial charge in [0.15, 0.2) is 0 Å². The smallest absolute Gasteiger partial charge is 0.339 e. The second-order valence-electron chi connectivity index (χ2n) is 4.27. The Kier molecular flexibility index (Phi) is 1.21. The van der Waals surface area contributed by atoms with E-state index in [1.807, 2.05) is 6.07 Å². The number of rotatable bonds is 2. The van der Waals surface area contributed by atoms with Crippen molar-refractivity contribution < 1.29 is 15.0 Å². The van der Waals surface area contributed by atoms with Crippen LogP contribution in [-0.4, -0.2) is 23.5 Å². The highest BCUT2D eigenvalue weighted by Crippen LogP contribution is 2.75. The fourth-order valence-electron chi connectivity index (χ4n) is 2.26. The summed E-state index contributed by atoms with van der Waals surface area (Å²) in [4.78, 5) is 10.8. The molecule has 2 unspecified atom stereocenters. The molecule has 2 aliphatic rings. The normalized spacial score (nSPS) is 31.6. The van der Waals surface area contributed by atoms with Crippen LogP contribution in [0.15, 0.2) is 18.2 Å². The summed E-state index contributed by atoms with van der Waals surface area (Å²) in [5.74, 6) is -0.379. The van der Waals surface area contributed by atoms with E-state index < -0.39 is 5.97 Å². The van der Waals surface area contributed by atoms with Gasteiger partial charge in [0.2, 0.25) is 0 Å². The first-order valence-corrected chi connectivity index (χ1v) is 4.71. The fourth-order valence-corrected chi connectivity index (χ4v) is 2.26. The molecule has 1 aliphatic heterocycles. The number of carboxylic acids is 1. The number of carbonyl (C=O) groups is 1. The Balaban J connectivity index is 2.12. The Hall–Kier alpha value is -1.45. The predicted molar refractivity (Wildman–Crippen MR) is 52.3 cm³/mol. The van der Waals surface area contributed by atoms with Gasteiger partial charge in [-0.1, -0.05) is 24.4 Å². The molecule has 0 amide bonds. The largest absolute Gasteiger partial charge is 0.507 e. The van der Waals surface area contributed by atoms with E-state index in [0.29, 0.717) is 5.82 Å². The van der Waals surface area contributed by atoms with Gasteiger partial charge >= 0.3 is 5.97 Å². The van der Waals surface area contributed by atoms with Crippen LogP contribution in [0.4, 0.5) is 0 Å². The lowest BCUT2D eigenvalue weighted by Crippen LogP contribution is -2.04. The van der Waals surface area contributed by atoms with Gasteiger partial charge in [0.25, 0.3) is 0 Å². The predicted octanol–water partition coefficient (Wildman–Crippen LogP) is 0.928. The number of aromatic carboxylic acids is 1. The number of hydrogen-bond donors (Lipinski definition) is 2. The van der Waals surface area contributed by atoms with Crippen molar-refractivity contribution in [2.24, 2.45) is 0 Å². The van der Waals surface area contributed by atoms with Crippen molar-refractivity contribution in [2.45, 2.75) is 17.6 Å². The standard InChI is InChI=1S/C10H9BO3/c12-8-5(9(13)14)2-1-3-6(8)10-4-7(10)11-10/h1-3,7,11-12H,4H2,(H,13,14). The Bertz CT molecular complexity index is 435. The van der Waals surface area contributed by atoms with E-state index in [4.69, 9.17) is 5.11 Å². The van der Waals surface area contributed by atoms with Gasteiger partial charge in [-0.3, -0.25) is 0 Å². The van der Waals surface area contributed by atoms with Crippen LogP contribution in [0.25, 0.3) is 0 Å². The van der Waals surface area contributed by atoms with Crippen molar-refractivity contribution >= 4 is 13.2 Å². The summed E-state index contributed by atoms with van der Waals surface area (Å²) in [5, 5.41) is 18.8. The molecule has 0 bridgehead atoms. The minimum absolute atomic E-state index is 0.0226. The second kappa shape index (κ2) is 2.14. The number of benzene rings is 1. The topological polar surface area (TPSA) is 57.5 Å². The third-order valence-corrected chi connectivity index (χ3v) is 3.49. The molecule has 0 radical (unpaired) electrons. The molecule has 1 aliphatic carbocycles. The van der Waals surface area contributed by atoms with Gasteiger partial charge in [0.05, 0.1) is 0 Å². The van der Waals surface area contributed by atoms with Crippen LogP contribution in [0.1, 0.15) is 22.3 Å². The summed E-state index contributed by atoms with van der Waals surface area (Å²) < 4.78 is 0. The lowest BCUT2D eigenvalue weighted by atomic mass is 9.76. The molecule has 1 saturated heterocycles. The third kappa shape index (κ3) is 0.807. The molecule has 0 aromatic heterocycles. The van der Waals surface area contributed by atoms with E-state index in [1.165, 1.54) is 6.07 Å². The number of hydrogen-bond acceptors (Lipinski definition) is 2. The van der Waals surface area contributed by atoms with E-state index >= 15 is 0 Å². The van der Waals surface area contributed by atoms with E-state index in [0.717, 1.165) is 19.3 Å². The monoisotopic (exact) mass is 188 g/mol. The Morgan fingerprint density at radius 1 is 1.57 bits per heavy atom. The highest BCUT2D eigenvalue weighted by molar-refractivity contribution is 6.62. The van der Waals surface area contributed by atoms with Crippen molar-refractivity contribution in [1.82, 2.24) is 0 Å². The van der Waals surface area contributed by atoms with Crippen LogP contribution in [0.5, 0.6) is 5.75 Å². The Labute approximate surface area is 81.6 Å². The van der Waals surface area contributed by atoms with Gasteiger partial charge in [-0.05, 0) is 16.9 Å². The van der Waals surface area contributed by atoms with Crippen molar-refractivity contribution in [3.63, 3.8) is 0 Å². The van der Waals surface area contributed by atoms with Gasteiger partial charge in [0.1, 0.15) is 18.6 Å². The number of fused-ring (bicyclic) bond motifs is 1. The van der Waals surface area contributed by atoms with Crippen molar-refractivity contribution in [2.75, 3.05) is 0 Å². The van der Waals surface area contributed by atoms with Crippen LogP contribution < -0.4 is 0 Å². The molecule has 3 rings (SSSR count). The molecule has 14 heavy (non-hydrogen) atoms. The van der Waals surface area contributed by atoms with Crippen molar-refractivity contribution in [1.29, 1.82) is 0 Å². The highest BCUT2D eigenvalue weighted by atomic mass is 16.4. The van der Waals surface area contributed by atoms with Crippen molar-refractivity contribution in [3.05, 3.63) is 29.3 Å². The first-order chi connectivity index (χ1) is 6.65. The van der Waals surface area contributed by atoms with Gasteiger partial charge in [-0.2, -0.15) is 0 Å². The first-order valence-electron chi connectivity index (χ1n) is 4.71. The highest BCUT2D eigenvalue weighted by Gasteiger charge is 2.71. The van der Waals surface area contributed by atoms with Crippen LogP contribution >= 0.6 is 0 Å². The minimum atomic E-state index is -1.06. The molecule has 0 spiro atoms. The first kappa shape index (κ1) is 7.91. The lowest BCUT2D eigenvalue weighted by molar-refractivity contribution is 0.0693. The maximum atomic E-state index is 10.8. The van der Waals surface area contributed by atoms with Crippen molar-refractivity contribution in [3.8, 4) is 5.75 Å². The molecule has 2 fully saturated rings. The van der Waals surface area contributed by atoms with Crippen LogP contribution in [0.2, 0.25) is 5.82 Å². The molecule has 1 aromatic rings. The zero-order valence-electron chi connectivity index (χ0n) is 7.53. The molecular weight excluding hydrogens is 179 g/mol.